The summed E-state index contributed by atoms with van der Waals surface area (Å²) in [5.74, 6) is 1.63. The Morgan fingerprint density at radius 3 is 2.65 bits per heavy atom. The van der Waals surface area contributed by atoms with E-state index in [0.717, 1.165) is 5.76 Å². The van der Waals surface area contributed by atoms with Crippen LogP contribution in [-0.2, 0) is 4.74 Å². The molecule has 2 atom stereocenters. The van der Waals surface area contributed by atoms with Crippen LogP contribution in [-0.4, -0.2) is 20.3 Å². The Bertz CT molecular complexity index is 304. The van der Waals surface area contributed by atoms with E-state index in [-0.39, 0.29) is 12.1 Å². The maximum Gasteiger partial charge on any atom is 0.123 e. The standard InChI is InChI=1S/C14H23NO2/c1-15-13(12-9-6-10-17-12)14(16-2)11-7-4-3-5-8-11/h6,9-11,13-15H,3-5,7-8H2,1-2H3. The molecule has 1 saturated carbocycles. The van der Waals surface area contributed by atoms with Gasteiger partial charge in [-0.1, -0.05) is 19.3 Å². The zero-order valence-electron chi connectivity index (χ0n) is 10.8. The van der Waals surface area contributed by atoms with Crippen molar-refractivity contribution in [3.05, 3.63) is 24.2 Å². The predicted molar refractivity (Wildman–Crippen MR) is 67.9 cm³/mol. The van der Waals surface area contributed by atoms with Crippen molar-refractivity contribution >= 4 is 0 Å². The number of hydrogen-bond acceptors (Lipinski definition) is 3. The average Bonchev–Trinajstić information content (AvgIpc) is 2.90. The summed E-state index contributed by atoms with van der Waals surface area (Å²) < 4.78 is 11.3. The van der Waals surface area contributed by atoms with Gasteiger partial charge < -0.3 is 14.5 Å². The number of rotatable bonds is 5. The molecule has 1 heterocycles. The van der Waals surface area contributed by atoms with E-state index in [0.29, 0.717) is 5.92 Å². The molecule has 2 rings (SSSR count). The predicted octanol–water partition coefficient (Wildman–Crippen LogP) is 3.14. The maximum atomic E-state index is 5.74. The summed E-state index contributed by atoms with van der Waals surface area (Å²) in [7, 11) is 3.79. The van der Waals surface area contributed by atoms with Gasteiger partial charge in [0.05, 0.1) is 18.4 Å². The summed E-state index contributed by atoms with van der Waals surface area (Å²) in [4.78, 5) is 0. The van der Waals surface area contributed by atoms with Gasteiger partial charge in [-0.15, -0.1) is 0 Å². The summed E-state index contributed by atoms with van der Waals surface area (Å²) in [6, 6.07) is 4.13. The van der Waals surface area contributed by atoms with Crippen molar-refractivity contribution in [2.45, 2.75) is 44.2 Å². The molecule has 1 N–H and O–H groups in total. The van der Waals surface area contributed by atoms with Gasteiger partial charge in [-0.3, -0.25) is 0 Å². The smallest absolute Gasteiger partial charge is 0.123 e. The highest BCUT2D eigenvalue weighted by molar-refractivity contribution is 5.07. The first-order valence-corrected chi connectivity index (χ1v) is 6.60. The molecule has 0 aliphatic heterocycles. The van der Waals surface area contributed by atoms with Gasteiger partial charge in [-0.25, -0.2) is 0 Å². The molecule has 1 fully saturated rings. The van der Waals surface area contributed by atoms with Gasteiger partial charge in [0.1, 0.15) is 5.76 Å². The third-order valence-corrected chi connectivity index (χ3v) is 3.88. The van der Waals surface area contributed by atoms with Crippen LogP contribution in [0.4, 0.5) is 0 Å². The van der Waals surface area contributed by atoms with Crippen LogP contribution in [0.3, 0.4) is 0 Å². The van der Waals surface area contributed by atoms with E-state index in [1.807, 2.05) is 26.3 Å². The normalized spacial score (nSPS) is 21.3. The van der Waals surface area contributed by atoms with E-state index in [9.17, 15) is 0 Å². The quantitative estimate of drug-likeness (QED) is 0.854. The molecular weight excluding hydrogens is 214 g/mol. The second-order valence-corrected chi connectivity index (χ2v) is 4.88. The Morgan fingerprint density at radius 2 is 2.12 bits per heavy atom. The molecule has 0 saturated heterocycles. The largest absolute Gasteiger partial charge is 0.468 e. The van der Waals surface area contributed by atoms with Gasteiger partial charge in [0.2, 0.25) is 0 Å². The molecule has 3 heteroatoms. The molecule has 3 nitrogen and oxygen atoms in total. The fraction of sp³-hybridized carbons (Fsp3) is 0.714. The lowest BCUT2D eigenvalue weighted by molar-refractivity contribution is 0.00422. The van der Waals surface area contributed by atoms with Crippen LogP contribution in [0.15, 0.2) is 22.8 Å². The van der Waals surface area contributed by atoms with E-state index in [2.05, 4.69) is 5.32 Å². The van der Waals surface area contributed by atoms with Crippen LogP contribution >= 0.6 is 0 Å². The van der Waals surface area contributed by atoms with Crippen LogP contribution in [0, 0.1) is 5.92 Å². The van der Waals surface area contributed by atoms with Gasteiger partial charge >= 0.3 is 0 Å². The Balaban J connectivity index is 2.09. The Labute approximate surface area is 104 Å². The lowest BCUT2D eigenvalue weighted by Gasteiger charge is -2.33. The SMILES string of the molecule is CNC(c1ccco1)C(OC)C1CCCCC1. The second-order valence-electron chi connectivity index (χ2n) is 4.88. The van der Waals surface area contributed by atoms with Crippen LogP contribution in [0.2, 0.25) is 0 Å². The van der Waals surface area contributed by atoms with Crippen molar-refractivity contribution in [2.24, 2.45) is 5.92 Å². The summed E-state index contributed by atoms with van der Waals surface area (Å²) in [5, 5.41) is 3.33. The fourth-order valence-corrected chi connectivity index (χ4v) is 3.00. The molecule has 96 valence electrons. The molecule has 1 aromatic heterocycles. The second kappa shape index (κ2) is 6.22. The molecular formula is C14H23NO2. The van der Waals surface area contributed by atoms with E-state index in [1.165, 1.54) is 32.1 Å². The molecule has 0 aromatic carbocycles. The molecule has 0 bridgehead atoms. The van der Waals surface area contributed by atoms with Crippen molar-refractivity contribution in [1.82, 2.24) is 5.32 Å². The molecule has 0 spiro atoms. The minimum absolute atomic E-state index is 0.165. The first-order chi connectivity index (χ1) is 8.36. The summed E-state index contributed by atoms with van der Waals surface area (Å²) >= 11 is 0. The molecule has 1 aromatic rings. The van der Waals surface area contributed by atoms with Gasteiger partial charge in [0, 0.05) is 7.11 Å². The van der Waals surface area contributed by atoms with Crippen LogP contribution < -0.4 is 5.32 Å². The molecule has 1 aliphatic carbocycles. The Hall–Kier alpha value is -0.800. The highest BCUT2D eigenvalue weighted by Gasteiger charge is 2.32. The third-order valence-electron chi connectivity index (χ3n) is 3.88. The number of hydrogen-bond donors (Lipinski definition) is 1. The van der Waals surface area contributed by atoms with E-state index in [1.54, 1.807) is 6.26 Å². The monoisotopic (exact) mass is 237 g/mol. The van der Waals surface area contributed by atoms with Crippen molar-refractivity contribution < 1.29 is 9.15 Å². The summed E-state index contributed by atoms with van der Waals surface area (Å²) in [6.07, 6.45) is 8.53. The minimum Gasteiger partial charge on any atom is -0.468 e. The molecule has 0 radical (unpaired) electrons. The van der Waals surface area contributed by atoms with E-state index < -0.39 is 0 Å². The third kappa shape index (κ3) is 2.90. The van der Waals surface area contributed by atoms with E-state index >= 15 is 0 Å². The Kier molecular flexibility index (Phi) is 4.63. The van der Waals surface area contributed by atoms with Gasteiger partial charge in [-0.2, -0.15) is 0 Å². The lowest BCUT2D eigenvalue weighted by Crippen LogP contribution is -2.37. The lowest BCUT2D eigenvalue weighted by atomic mass is 9.82. The highest BCUT2D eigenvalue weighted by Crippen LogP contribution is 2.34. The maximum absolute atomic E-state index is 5.74. The molecule has 1 aliphatic rings. The molecule has 0 amide bonds. The summed E-state index contributed by atoms with van der Waals surface area (Å²) in [5.41, 5.74) is 0. The van der Waals surface area contributed by atoms with Gasteiger partial charge in [0.25, 0.3) is 0 Å². The van der Waals surface area contributed by atoms with Gasteiger partial charge in [-0.05, 0) is 37.9 Å². The molecule has 17 heavy (non-hydrogen) atoms. The fourth-order valence-electron chi connectivity index (χ4n) is 3.00. The van der Waals surface area contributed by atoms with Crippen LogP contribution in [0.5, 0.6) is 0 Å². The van der Waals surface area contributed by atoms with Crippen LogP contribution in [0.1, 0.15) is 43.9 Å². The average molecular weight is 237 g/mol. The van der Waals surface area contributed by atoms with Crippen molar-refractivity contribution in [1.29, 1.82) is 0 Å². The number of ether oxygens (including phenoxy) is 1. The molecule has 2 unspecified atom stereocenters. The van der Waals surface area contributed by atoms with Crippen molar-refractivity contribution in [3.8, 4) is 0 Å². The topological polar surface area (TPSA) is 34.4 Å². The van der Waals surface area contributed by atoms with E-state index in [4.69, 9.17) is 9.15 Å². The van der Waals surface area contributed by atoms with Crippen molar-refractivity contribution in [2.75, 3.05) is 14.2 Å². The minimum atomic E-state index is 0.165. The number of furan rings is 1. The zero-order chi connectivity index (χ0) is 12.1. The van der Waals surface area contributed by atoms with Gasteiger partial charge in [0.15, 0.2) is 0 Å². The first kappa shape index (κ1) is 12.7. The van der Waals surface area contributed by atoms with Crippen molar-refractivity contribution in [3.63, 3.8) is 0 Å². The Morgan fingerprint density at radius 1 is 1.35 bits per heavy atom. The van der Waals surface area contributed by atoms with Crippen LogP contribution in [0.25, 0.3) is 0 Å². The number of methoxy groups -OCH3 is 1. The zero-order valence-corrected chi connectivity index (χ0v) is 10.8. The highest BCUT2D eigenvalue weighted by atomic mass is 16.5. The number of nitrogens with one attached hydrogen (secondary N) is 1. The summed E-state index contributed by atoms with van der Waals surface area (Å²) in [6.45, 7) is 0. The first-order valence-electron chi connectivity index (χ1n) is 6.60. The number of likely N-dealkylation sites (N-methyl/N-ethyl adjacent to an activating group) is 1.